The Kier molecular flexibility index (Phi) is 1.40. The summed E-state index contributed by atoms with van der Waals surface area (Å²) in [6.07, 6.45) is 3.00. The monoisotopic (exact) mass is 167 g/mol. The number of nitrogens with two attached hydrogens (primary N) is 1. The van der Waals surface area contributed by atoms with Gasteiger partial charge in [0.2, 0.25) is 0 Å². The molecule has 0 bridgehead atoms. The first-order valence-electron chi connectivity index (χ1n) is 4.32. The molecule has 2 unspecified atom stereocenters. The van der Waals surface area contributed by atoms with Crippen LogP contribution < -0.4 is 11.1 Å². The van der Waals surface area contributed by atoms with Gasteiger partial charge in [0.15, 0.2) is 5.96 Å². The van der Waals surface area contributed by atoms with E-state index >= 15 is 0 Å². The lowest BCUT2D eigenvalue weighted by atomic mass is 9.89. The minimum absolute atomic E-state index is 0.00926. The van der Waals surface area contributed by atoms with Crippen molar-refractivity contribution in [3.05, 3.63) is 0 Å². The maximum atomic E-state index is 11.5. The van der Waals surface area contributed by atoms with E-state index in [4.69, 9.17) is 5.73 Å². The van der Waals surface area contributed by atoms with Crippen LogP contribution in [0.3, 0.4) is 0 Å². The number of nitrogens with zero attached hydrogens (tertiary/aromatic N) is 1. The van der Waals surface area contributed by atoms with E-state index in [1.807, 2.05) is 0 Å². The second-order valence-electron chi connectivity index (χ2n) is 3.67. The van der Waals surface area contributed by atoms with Gasteiger partial charge in [0, 0.05) is 0 Å². The van der Waals surface area contributed by atoms with Gasteiger partial charge in [-0.05, 0) is 18.8 Å². The summed E-state index contributed by atoms with van der Waals surface area (Å²) in [6, 6.07) is 0. The predicted octanol–water partition coefficient (Wildman–Crippen LogP) is -0.0103. The quantitative estimate of drug-likeness (QED) is 0.533. The van der Waals surface area contributed by atoms with Crippen LogP contribution in [0, 0.1) is 5.92 Å². The van der Waals surface area contributed by atoms with Crippen LogP contribution in [-0.4, -0.2) is 17.4 Å². The lowest BCUT2D eigenvalue weighted by molar-refractivity contribution is -0.124. The van der Waals surface area contributed by atoms with Crippen molar-refractivity contribution in [3.63, 3.8) is 0 Å². The van der Waals surface area contributed by atoms with Gasteiger partial charge in [0.05, 0.1) is 0 Å². The minimum atomic E-state index is -0.510. The number of amides is 1. The topological polar surface area (TPSA) is 67.5 Å². The summed E-state index contributed by atoms with van der Waals surface area (Å²) >= 11 is 0. The molecule has 4 nitrogen and oxygen atoms in total. The molecule has 1 heterocycles. The SMILES string of the molecule is CC1CCCC12N=C(N)NC2=O. The maximum absolute atomic E-state index is 11.5. The fourth-order valence-electron chi connectivity index (χ4n) is 2.18. The summed E-state index contributed by atoms with van der Waals surface area (Å²) < 4.78 is 0. The molecule has 1 saturated carbocycles. The van der Waals surface area contributed by atoms with Crippen molar-refractivity contribution in [3.8, 4) is 0 Å². The molecule has 0 aromatic carbocycles. The smallest absolute Gasteiger partial charge is 0.254 e. The summed E-state index contributed by atoms with van der Waals surface area (Å²) in [5, 5.41) is 2.57. The van der Waals surface area contributed by atoms with Crippen LogP contribution in [0.15, 0.2) is 4.99 Å². The van der Waals surface area contributed by atoms with Crippen LogP contribution in [0.4, 0.5) is 0 Å². The number of guanidine groups is 1. The van der Waals surface area contributed by atoms with E-state index in [1.165, 1.54) is 0 Å². The van der Waals surface area contributed by atoms with Crippen molar-refractivity contribution in [1.82, 2.24) is 5.32 Å². The zero-order valence-electron chi connectivity index (χ0n) is 7.13. The highest BCUT2D eigenvalue weighted by molar-refractivity contribution is 6.07. The van der Waals surface area contributed by atoms with Gasteiger partial charge in [0.1, 0.15) is 5.54 Å². The molecule has 1 spiro atoms. The largest absolute Gasteiger partial charge is 0.370 e. The van der Waals surface area contributed by atoms with Gasteiger partial charge in [-0.15, -0.1) is 0 Å². The van der Waals surface area contributed by atoms with Gasteiger partial charge >= 0.3 is 0 Å². The Morgan fingerprint density at radius 2 is 2.50 bits per heavy atom. The van der Waals surface area contributed by atoms with Gasteiger partial charge in [-0.1, -0.05) is 13.3 Å². The van der Waals surface area contributed by atoms with E-state index in [1.54, 1.807) is 0 Å². The molecule has 1 fully saturated rings. The number of aliphatic imine (C=N–C) groups is 1. The second kappa shape index (κ2) is 2.21. The molecule has 2 aliphatic rings. The summed E-state index contributed by atoms with van der Waals surface area (Å²) in [7, 11) is 0. The number of hydrogen-bond donors (Lipinski definition) is 2. The molecule has 0 radical (unpaired) electrons. The van der Waals surface area contributed by atoms with E-state index in [0.29, 0.717) is 5.92 Å². The zero-order chi connectivity index (χ0) is 8.77. The Morgan fingerprint density at radius 1 is 1.75 bits per heavy atom. The summed E-state index contributed by atoms with van der Waals surface area (Å²) in [5.74, 6) is 0.609. The Bertz CT molecular complexity index is 261. The van der Waals surface area contributed by atoms with Crippen molar-refractivity contribution >= 4 is 11.9 Å². The highest BCUT2D eigenvalue weighted by Gasteiger charge is 2.50. The van der Waals surface area contributed by atoms with Gasteiger partial charge in [0.25, 0.3) is 5.91 Å². The predicted molar refractivity (Wildman–Crippen MR) is 45.5 cm³/mol. The highest BCUT2D eigenvalue weighted by Crippen LogP contribution is 2.40. The number of hydrogen-bond acceptors (Lipinski definition) is 3. The lowest BCUT2D eigenvalue weighted by Gasteiger charge is -2.21. The first-order chi connectivity index (χ1) is 5.65. The van der Waals surface area contributed by atoms with Crippen LogP contribution in [0.1, 0.15) is 26.2 Å². The van der Waals surface area contributed by atoms with Crippen LogP contribution in [-0.2, 0) is 4.79 Å². The Morgan fingerprint density at radius 3 is 2.92 bits per heavy atom. The van der Waals surface area contributed by atoms with E-state index in [9.17, 15) is 4.79 Å². The van der Waals surface area contributed by atoms with Crippen LogP contribution >= 0.6 is 0 Å². The standard InChI is InChI=1S/C8H13N3O/c1-5-3-2-4-8(5)6(12)10-7(9)11-8/h5H,2-4H2,1H3,(H3,9,10,11,12). The minimum Gasteiger partial charge on any atom is -0.370 e. The molecular formula is C8H13N3O. The van der Waals surface area contributed by atoms with Gasteiger partial charge in [-0.2, -0.15) is 0 Å². The number of carbonyl (C=O) groups is 1. The summed E-state index contributed by atoms with van der Waals surface area (Å²) in [5.41, 5.74) is 4.95. The molecule has 12 heavy (non-hydrogen) atoms. The molecule has 3 N–H and O–H groups in total. The molecule has 4 heteroatoms. The molecule has 2 rings (SSSR count). The Labute approximate surface area is 71.2 Å². The Balaban J connectivity index is 2.36. The molecule has 2 atom stereocenters. The normalized spacial score (nSPS) is 40.2. The third kappa shape index (κ3) is 0.777. The van der Waals surface area contributed by atoms with E-state index < -0.39 is 5.54 Å². The highest BCUT2D eigenvalue weighted by atomic mass is 16.2. The molecular weight excluding hydrogens is 154 g/mol. The van der Waals surface area contributed by atoms with Crippen LogP contribution in [0.25, 0.3) is 0 Å². The lowest BCUT2D eigenvalue weighted by Crippen LogP contribution is -2.42. The average Bonchev–Trinajstić information content (AvgIpc) is 2.44. The zero-order valence-corrected chi connectivity index (χ0v) is 7.13. The summed E-state index contributed by atoms with van der Waals surface area (Å²) in [6.45, 7) is 2.06. The van der Waals surface area contributed by atoms with Crippen molar-refractivity contribution in [1.29, 1.82) is 0 Å². The first-order valence-corrected chi connectivity index (χ1v) is 4.32. The van der Waals surface area contributed by atoms with Crippen molar-refractivity contribution < 1.29 is 4.79 Å². The molecule has 0 aromatic rings. The maximum Gasteiger partial charge on any atom is 0.254 e. The van der Waals surface area contributed by atoms with Gasteiger partial charge < -0.3 is 5.73 Å². The van der Waals surface area contributed by atoms with Crippen molar-refractivity contribution in [2.45, 2.75) is 31.7 Å². The molecule has 1 aliphatic heterocycles. The molecule has 1 amide bonds. The first kappa shape index (κ1) is 7.58. The summed E-state index contributed by atoms with van der Waals surface area (Å²) in [4.78, 5) is 15.7. The second-order valence-corrected chi connectivity index (χ2v) is 3.67. The van der Waals surface area contributed by atoms with E-state index in [0.717, 1.165) is 19.3 Å². The van der Waals surface area contributed by atoms with Gasteiger partial charge in [-0.25, -0.2) is 4.99 Å². The fraction of sp³-hybridized carbons (Fsp3) is 0.750. The third-order valence-corrected chi connectivity index (χ3v) is 2.97. The number of carbonyl (C=O) groups excluding carboxylic acids is 1. The number of rotatable bonds is 0. The Hall–Kier alpha value is -1.06. The molecule has 0 aromatic heterocycles. The average molecular weight is 167 g/mol. The fourth-order valence-corrected chi connectivity index (χ4v) is 2.18. The van der Waals surface area contributed by atoms with Crippen LogP contribution in [0.2, 0.25) is 0 Å². The third-order valence-electron chi connectivity index (χ3n) is 2.97. The van der Waals surface area contributed by atoms with Gasteiger partial charge in [-0.3, -0.25) is 10.1 Å². The van der Waals surface area contributed by atoms with Crippen LogP contribution in [0.5, 0.6) is 0 Å². The molecule has 66 valence electrons. The van der Waals surface area contributed by atoms with E-state index in [-0.39, 0.29) is 11.9 Å². The van der Waals surface area contributed by atoms with E-state index in [2.05, 4.69) is 17.2 Å². The molecule has 1 aliphatic carbocycles. The molecule has 0 saturated heterocycles. The van der Waals surface area contributed by atoms with Crippen molar-refractivity contribution in [2.24, 2.45) is 16.6 Å². The van der Waals surface area contributed by atoms with Crippen molar-refractivity contribution in [2.75, 3.05) is 0 Å². The number of nitrogens with one attached hydrogen (secondary N) is 1.